The first-order chi connectivity index (χ1) is 8.24. The van der Waals surface area contributed by atoms with Gasteiger partial charge in [0.15, 0.2) is 5.58 Å². The molecule has 0 radical (unpaired) electrons. The van der Waals surface area contributed by atoms with E-state index in [1.165, 1.54) is 12.1 Å². The molecule has 0 atom stereocenters. The zero-order chi connectivity index (χ0) is 11.8. The van der Waals surface area contributed by atoms with E-state index in [1.54, 1.807) is 18.2 Å². The first-order valence-corrected chi connectivity index (χ1v) is 5.05. The van der Waals surface area contributed by atoms with Crippen LogP contribution in [-0.2, 0) is 0 Å². The number of benzene rings is 2. The molecule has 0 aliphatic heterocycles. The lowest BCUT2D eigenvalue weighted by Crippen LogP contribution is -1.85. The van der Waals surface area contributed by atoms with Crippen molar-refractivity contribution < 1.29 is 13.2 Å². The zero-order valence-electron chi connectivity index (χ0n) is 8.65. The minimum atomic E-state index is -0.684. The van der Waals surface area contributed by atoms with E-state index in [9.17, 15) is 8.78 Å². The Labute approximate surface area is 95.5 Å². The summed E-state index contributed by atoms with van der Waals surface area (Å²) in [6.07, 6.45) is 0. The van der Waals surface area contributed by atoms with Crippen LogP contribution in [0.15, 0.2) is 46.9 Å². The fraction of sp³-hybridized carbons (Fsp3) is 0. The van der Waals surface area contributed by atoms with Gasteiger partial charge in [0, 0.05) is 6.07 Å². The Morgan fingerprint density at radius 3 is 2.59 bits per heavy atom. The molecule has 2 nitrogen and oxygen atoms in total. The summed E-state index contributed by atoms with van der Waals surface area (Å²) < 4.78 is 31.7. The molecule has 3 rings (SSSR count). The Kier molecular flexibility index (Phi) is 2.14. The highest BCUT2D eigenvalue weighted by Gasteiger charge is 2.12. The topological polar surface area (TPSA) is 26.0 Å². The highest BCUT2D eigenvalue weighted by molar-refractivity contribution is 5.76. The molecule has 1 heterocycles. The summed E-state index contributed by atoms with van der Waals surface area (Å²) in [6.45, 7) is 0. The second kappa shape index (κ2) is 3.66. The lowest BCUT2D eigenvalue weighted by atomic mass is 10.2. The van der Waals surface area contributed by atoms with Crippen molar-refractivity contribution in [2.45, 2.75) is 0 Å². The molecule has 0 unspecified atom stereocenters. The van der Waals surface area contributed by atoms with Gasteiger partial charge < -0.3 is 4.42 Å². The van der Waals surface area contributed by atoms with E-state index < -0.39 is 11.6 Å². The van der Waals surface area contributed by atoms with Gasteiger partial charge in [0.05, 0.1) is 5.56 Å². The maximum Gasteiger partial charge on any atom is 0.230 e. The molecule has 0 bridgehead atoms. The van der Waals surface area contributed by atoms with E-state index in [1.807, 2.05) is 6.07 Å². The van der Waals surface area contributed by atoms with E-state index in [0.29, 0.717) is 11.1 Å². The second-order valence-electron chi connectivity index (χ2n) is 3.61. The van der Waals surface area contributed by atoms with E-state index in [0.717, 1.165) is 6.07 Å². The number of nitrogens with zero attached hydrogens (tertiary/aromatic N) is 1. The van der Waals surface area contributed by atoms with Gasteiger partial charge in [-0.05, 0) is 24.3 Å². The van der Waals surface area contributed by atoms with Gasteiger partial charge >= 0.3 is 0 Å². The number of hydrogen-bond donors (Lipinski definition) is 0. The molecule has 0 saturated heterocycles. The Bertz CT molecular complexity index is 658. The molecule has 17 heavy (non-hydrogen) atoms. The van der Waals surface area contributed by atoms with Crippen molar-refractivity contribution >= 4 is 11.1 Å². The maximum atomic E-state index is 13.5. The predicted molar refractivity (Wildman–Crippen MR) is 59.4 cm³/mol. The molecule has 3 aromatic rings. The molecule has 0 spiro atoms. The van der Waals surface area contributed by atoms with Crippen LogP contribution in [0.5, 0.6) is 0 Å². The van der Waals surface area contributed by atoms with Crippen LogP contribution in [0.4, 0.5) is 8.78 Å². The van der Waals surface area contributed by atoms with E-state index >= 15 is 0 Å². The number of fused-ring (bicyclic) bond motifs is 1. The number of rotatable bonds is 1. The fourth-order valence-electron chi connectivity index (χ4n) is 1.65. The van der Waals surface area contributed by atoms with Crippen LogP contribution in [0.3, 0.4) is 0 Å². The molecule has 0 saturated carbocycles. The number of halogens is 2. The second-order valence-corrected chi connectivity index (χ2v) is 3.61. The smallest absolute Gasteiger partial charge is 0.230 e. The Balaban J connectivity index is 2.20. The van der Waals surface area contributed by atoms with Gasteiger partial charge in [0.1, 0.15) is 17.2 Å². The van der Waals surface area contributed by atoms with E-state index in [-0.39, 0.29) is 11.5 Å². The van der Waals surface area contributed by atoms with Crippen molar-refractivity contribution in [1.82, 2.24) is 4.98 Å². The average molecular weight is 231 g/mol. The summed E-state index contributed by atoms with van der Waals surface area (Å²) in [5, 5.41) is 0. The van der Waals surface area contributed by atoms with Crippen LogP contribution in [-0.4, -0.2) is 4.98 Å². The minimum Gasteiger partial charge on any atom is -0.436 e. The van der Waals surface area contributed by atoms with Gasteiger partial charge in [0.2, 0.25) is 5.89 Å². The first kappa shape index (κ1) is 9.96. The number of oxazole rings is 1. The SMILES string of the molecule is Fc1ccc(-c2nc3ccccc3o2)c(F)c1. The van der Waals surface area contributed by atoms with Crippen molar-refractivity contribution in [3.8, 4) is 11.5 Å². The predicted octanol–water partition coefficient (Wildman–Crippen LogP) is 3.77. The van der Waals surface area contributed by atoms with Crippen molar-refractivity contribution in [3.05, 3.63) is 54.1 Å². The fourth-order valence-corrected chi connectivity index (χ4v) is 1.65. The molecule has 0 fully saturated rings. The molecule has 2 aromatic carbocycles. The molecule has 0 aliphatic carbocycles. The molecule has 0 aliphatic rings. The summed E-state index contributed by atoms with van der Waals surface area (Å²) in [5.41, 5.74) is 1.38. The van der Waals surface area contributed by atoms with Gasteiger partial charge in [0.25, 0.3) is 0 Å². The Morgan fingerprint density at radius 1 is 1.00 bits per heavy atom. The van der Waals surface area contributed by atoms with Crippen LogP contribution in [0.1, 0.15) is 0 Å². The minimum absolute atomic E-state index is 0.155. The van der Waals surface area contributed by atoms with Crippen LogP contribution in [0.2, 0.25) is 0 Å². The molecule has 4 heteroatoms. The molecular weight excluding hydrogens is 224 g/mol. The van der Waals surface area contributed by atoms with Crippen LogP contribution >= 0.6 is 0 Å². The van der Waals surface area contributed by atoms with Gasteiger partial charge in [-0.1, -0.05) is 12.1 Å². The average Bonchev–Trinajstić information content (AvgIpc) is 2.72. The van der Waals surface area contributed by atoms with Gasteiger partial charge in [-0.3, -0.25) is 0 Å². The van der Waals surface area contributed by atoms with E-state index in [4.69, 9.17) is 4.42 Å². The summed E-state index contributed by atoms with van der Waals surface area (Å²) in [4.78, 5) is 4.14. The quantitative estimate of drug-likeness (QED) is 0.637. The first-order valence-electron chi connectivity index (χ1n) is 5.05. The molecule has 84 valence electrons. The molecular formula is C13H7F2NO. The largest absolute Gasteiger partial charge is 0.436 e. The van der Waals surface area contributed by atoms with Crippen molar-refractivity contribution in [3.63, 3.8) is 0 Å². The normalized spacial score (nSPS) is 10.9. The van der Waals surface area contributed by atoms with Crippen LogP contribution in [0, 0.1) is 11.6 Å². The number of hydrogen-bond acceptors (Lipinski definition) is 2. The van der Waals surface area contributed by atoms with Crippen LogP contribution in [0.25, 0.3) is 22.6 Å². The number of para-hydroxylation sites is 2. The monoisotopic (exact) mass is 231 g/mol. The van der Waals surface area contributed by atoms with Crippen molar-refractivity contribution in [2.24, 2.45) is 0 Å². The highest BCUT2D eigenvalue weighted by Crippen LogP contribution is 2.26. The van der Waals surface area contributed by atoms with Gasteiger partial charge in [-0.2, -0.15) is 0 Å². The Hall–Kier alpha value is -2.23. The van der Waals surface area contributed by atoms with Crippen molar-refractivity contribution in [2.75, 3.05) is 0 Å². The maximum absolute atomic E-state index is 13.5. The summed E-state index contributed by atoms with van der Waals surface area (Å²) in [6, 6.07) is 10.4. The third-order valence-corrected chi connectivity index (χ3v) is 2.46. The third kappa shape index (κ3) is 1.67. The highest BCUT2D eigenvalue weighted by atomic mass is 19.1. The van der Waals surface area contributed by atoms with E-state index in [2.05, 4.69) is 4.98 Å². The third-order valence-electron chi connectivity index (χ3n) is 2.46. The van der Waals surface area contributed by atoms with Crippen LogP contribution < -0.4 is 0 Å². The Morgan fingerprint density at radius 2 is 1.82 bits per heavy atom. The molecule has 0 N–H and O–H groups in total. The summed E-state index contributed by atoms with van der Waals surface area (Å²) >= 11 is 0. The standard InChI is InChI=1S/C13H7F2NO/c14-8-5-6-9(10(15)7-8)13-16-11-3-1-2-4-12(11)17-13/h1-7H. The van der Waals surface area contributed by atoms with Gasteiger partial charge in [-0.25, -0.2) is 13.8 Å². The van der Waals surface area contributed by atoms with Crippen molar-refractivity contribution in [1.29, 1.82) is 0 Å². The molecule has 0 amide bonds. The lowest BCUT2D eigenvalue weighted by molar-refractivity contribution is 0.572. The summed E-state index contributed by atoms with van der Waals surface area (Å²) in [5.74, 6) is -1.15. The zero-order valence-corrected chi connectivity index (χ0v) is 8.65. The number of aromatic nitrogens is 1. The molecule has 1 aromatic heterocycles. The van der Waals surface area contributed by atoms with Gasteiger partial charge in [-0.15, -0.1) is 0 Å². The lowest BCUT2D eigenvalue weighted by Gasteiger charge is -1.97. The summed E-state index contributed by atoms with van der Waals surface area (Å²) in [7, 11) is 0.